The Bertz CT molecular complexity index is 159. The minimum Gasteiger partial charge on any atom is -0.396 e. The largest absolute Gasteiger partial charge is 0.396 e. The normalized spacial score (nSPS) is 17.5. The molecule has 0 aromatic rings. The average Bonchev–Trinajstić information content (AvgIpc) is 2.19. The maximum atomic E-state index is 11.4. The molecule has 76 valence electrons. The number of hydrogen-bond acceptors (Lipinski definition) is 4. The van der Waals surface area contributed by atoms with Crippen LogP contribution in [0, 0.1) is 0 Å². The summed E-state index contributed by atoms with van der Waals surface area (Å²) in [5.74, 6) is 1.26. The molecule has 0 atom stereocenters. The van der Waals surface area contributed by atoms with E-state index in [1.807, 2.05) is 4.90 Å². The van der Waals surface area contributed by atoms with Crippen molar-refractivity contribution in [2.24, 2.45) is 0 Å². The van der Waals surface area contributed by atoms with E-state index < -0.39 is 0 Å². The highest BCUT2D eigenvalue weighted by Crippen LogP contribution is 2.04. The molecule has 0 bridgehead atoms. The molecule has 1 fully saturated rings. The summed E-state index contributed by atoms with van der Waals surface area (Å²) in [6.45, 7) is 2.85. The Hall–Kier alpha value is -0.260. The first kappa shape index (κ1) is 10.8. The van der Waals surface area contributed by atoms with Gasteiger partial charge in [-0.2, -0.15) is 0 Å². The fourth-order valence-corrected chi connectivity index (χ4v) is 1.76. The maximum absolute atomic E-state index is 11.4. The van der Waals surface area contributed by atoms with Crippen molar-refractivity contribution in [3.8, 4) is 0 Å². The first-order chi connectivity index (χ1) is 6.34. The van der Waals surface area contributed by atoms with Crippen molar-refractivity contribution in [1.29, 1.82) is 0 Å². The summed E-state index contributed by atoms with van der Waals surface area (Å²) < 4.78 is 5.13. The molecule has 1 heterocycles. The lowest BCUT2D eigenvalue weighted by Crippen LogP contribution is -2.41. The van der Waals surface area contributed by atoms with Gasteiger partial charge in [-0.3, -0.25) is 4.79 Å². The van der Waals surface area contributed by atoms with E-state index in [9.17, 15) is 4.79 Å². The van der Waals surface area contributed by atoms with E-state index in [-0.39, 0.29) is 12.5 Å². The van der Waals surface area contributed by atoms with Crippen molar-refractivity contribution < 1.29 is 14.6 Å². The predicted molar refractivity (Wildman–Crippen MR) is 51.8 cm³/mol. The van der Waals surface area contributed by atoms with Crippen LogP contribution in [0.5, 0.6) is 0 Å². The Balaban J connectivity index is 2.13. The van der Waals surface area contributed by atoms with E-state index in [0.717, 1.165) is 0 Å². The molecule has 0 spiro atoms. The second kappa shape index (κ2) is 6.23. The fourth-order valence-electron chi connectivity index (χ4n) is 1.13. The molecule has 1 saturated heterocycles. The summed E-state index contributed by atoms with van der Waals surface area (Å²) in [6, 6.07) is 0. The van der Waals surface area contributed by atoms with Gasteiger partial charge in [0, 0.05) is 18.8 Å². The number of thioether (sulfide) groups is 1. The molecule has 1 rings (SSSR count). The highest BCUT2D eigenvalue weighted by Gasteiger charge is 2.15. The fraction of sp³-hybridized carbons (Fsp3) is 0.875. The van der Waals surface area contributed by atoms with Crippen LogP contribution in [0.15, 0.2) is 0 Å². The number of aliphatic hydroxyl groups excluding tert-OH is 1. The maximum Gasteiger partial charge on any atom is 0.232 e. The van der Waals surface area contributed by atoms with Crippen molar-refractivity contribution in [1.82, 2.24) is 4.90 Å². The summed E-state index contributed by atoms with van der Waals surface area (Å²) >= 11 is 1.47. The van der Waals surface area contributed by atoms with Gasteiger partial charge in [-0.25, -0.2) is 0 Å². The molecule has 0 aliphatic carbocycles. The van der Waals surface area contributed by atoms with Gasteiger partial charge in [0.05, 0.1) is 25.6 Å². The highest BCUT2D eigenvalue weighted by atomic mass is 32.2. The number of rotatable bonds is 4. The van der Waals surface area contributed by atoms with Gasteiger partial charge in [-0.15, -0.1) is 11.8 Å². The van der Waals surface area contributed by atoms with Crippen LogP contribution in [-0.2, 0) is 9.53 Å². The zero-order valence-electron chi connectivity index (χ0n) is 7.57. The minimum absolute atomic E-state index is 0.140. The Morgan fingerprint density at radius 1 is 1.46 bits per heavy atom. The van der Waals surface area contributed by atoms with Crippen molar-refractivity contribution in [3.05, 3.63) is 0 Å². The third kappa shape index (κ3) is 3.97. The second-order valence-electron chi connectivity index (χ2n) is 2.77. The quantitative estimate of drug-likeness (QED) is 0.633. The highest BCUT2D eigenvalue weighted by molar-refractivity contribution is 7.99. The molecule has 4 nitrogen and oxygen atoms in total. The average molecular weight is 205 g/mol. The van der Waals surface area contributed by atoms with Crippen molar-refractivity contribution in [3.63, 3.8) is 0 Å². The lowest BCUT2D eigenvalue weighted by atomic mass is 10.4. The Labute approximate surface area is 82.2 Å². The molecular weight excluding hydrogens is 190 g/mol. The number of nitrogens with zero attached hydrogens (tertiary/aromatic N) is 1. The molecular formula is C8H15NO3S. The van der Waals surface area contributed by atoms with Gasteiger partial charge < -0.3 is 14.7 Å². The van der Waals surface area contributed by atoms with Gasteiger partial charge in [0.1, 0.15) is 0 Å². The molecule has 1 amide bonds. The summed E-state index contributed by atoms with van der Waals surface area (Å²) in [6.07, 6.45) is 0. The lowest BCUT2D eigenvalue weighted by Gasteiger charge is -2.26. The summed E-state index contributed by atoms with van der Waals surface area (Å²) in [4.78, 5) is 13.3. The second-order valence-corrected chi connectivity index (χ2v) is 3.87. The van der Waals surface area contributed by atoms with Crippen LogP contribution >= 0.6 is 11.8 Å². The first-order valence-electron chi connectivity index (χ1n) is 4.38. The van der Waals surface area contributed by atoms with Gasteiger partial charge >= 0.3 is 0 Å². The number of carbonyl (C=O) groups is 1. The predicted octanol–water partition coefficient (Wildman–Crippen LogP) is -0.429. The molecule has 0 aromatic heterocycles. The minimum atomic E-state index is 0.140. The van der Waals surface area contributed by atoms with Gasteiger partial charge in [-0.05, 0) is 0 Å². The van der Waals surface area contributed by atoms with E-state index in [2.05, 4.69) is 0 Å². The molecule has 1 aliphatic rings. The third-order valence-electron chi connectivity index (χ3n) is 1.82. The number of carbonyl (C=O) groups excluding carboxylic acids is 1. The molecule has 0 aromatic carbocycles. The lowest BCUT2D eigenvalue weighted by molar-refractivity contribution is -0.132. The molecule has 1 aliphatic heterocycles. The standard InChI is InChI=1S/C8H15NO3S/c10-3-6-13-7-8(11)9-1-4-12-5-2-9/h10H,1-7H2. The van der Waals surface area contributed by atoms with Gasteiger partial charge in [0.2, 0.25) is 5.91 Å². The molecule has 0 radical (unpaired) electrons. The summed E-state index contributed by atoms with van der Waals surface area (Å²) in [7, 11) is 0. The van der Waals surface area contributed by atoms with Crippen molar-refractivity contribution in [2.75, 3.05) is 44.4 Å². The smallest absolute Gasteiger partial charge is 0.232 e. The van der Waals surface area contributed by atoms with Crippen LogP contribution in [0.1, 0.15) is 0 Å². The van der Waals surface area contributed by atoms with Crippen LogP contribution < -0.4 is 0 Å². The Morgan fingerprint density at radius 3 is 2.77 bits per heavy atom. The molecule has 5 heteroatoms. The van der Waals surface area contributed by atoms with E-state index in [4.69, 9.17) is 9.84 Å². The van der Waals surface area contributed by atoms with Crippen LogP contribution in [0.25, 0.3) is 0 Å². The molecule has 1 N–H and O–H groups in total. The number of ether oxygens (including phenoxy) is 1. The zero-order valence-corrected chi connectivity index (χ0v) is 8.39. The van der Waals surface area contributed by atoms with Crippen LogP contribution in [0.2, 0.25) is 0 Å². The van der Waals surface area contributed by atoms with Gasteiger partial charge in [0.15, 0.2) is 0 Å². The topological polar surface area (TPSA) is 49.8 Å². The zero-order chi connectivity index (χ0) is 9.52. The van der Waals surface area contributed by atoms with Crippen LogP contribution in [0.4, 0.5) is 0 Å². The van der Waals surface area contributed by atoms with E-state index in [1.54, 1.807) is 0 Å². The number of morpholine rings is 1. The van der Waals surface area contributed by atoms with Crippen molar-refractivity contribution in [2.45, 2.75) is 0 Å². The number of hydrogen-bond donors (Lipinski definition) is 1. The van der Waals surface area contributed by atoms with Crippen molar-refractivity contribution >= 4 is 17.7 Å². The number of amides is 1. The molecule has 13 heavy (non-hydrogen) atoms. The van der Waals surface area contributed by atoms with Crippen LogP contribution in [0.3, 0.4) is 0 Å². The van der Waals surface area contributed by atoms with Crippen LogP contribution in [-0.4, -0.2) is 60.3 Å². The van der Waals surface area contributed by atoms with E-state index in [1.165, 1.54) is 11.8 Å². The van der Waals surface area contributed by atoms with Gasteiger partial charge in [-0.1, -0.05) is 0 Å². The first-order valence-corrected chi connectivity index (χ1v) is 5.54. The Kier molecular flexibility index (Phi) is 5.19. The molecule has 0 unspecified atom stereocenters. The monoisotopic (exact) mass is 205 g/mol. The summed E-state index contributed by atoms with van der Waals surface area (Å²) in [5.41, 5.74) is 0. The van der Waals surface area contributed by atoms with Gasteiger partial charge in [0.25, 0.3) is 0 Å². The third-order valence-corrected chi connectivity index (χ3v) is 2.75. The van der Waals surface area contributed by atoms with E-state index >= 15 is 0 Å². The van der Waals surface area contributed by atoms with E-state index in [0.29, 0.717) is 37.8 Å². The SMILES string of the molecule is O=C(CSCCO)N1CCOCC1. The molecule has 0 saturated carbocycles. The number of aliphatic hydroxyl groups is 1. The summed E-state index contributed by atoms with van der Waals surface area (Å²) in [5, 5.41) is 8.52. The Morgan fingerprint density at radius 2 is 2.15 bits per heavy atom.